The number of ether oxygens (including phenoxy) is 1. The summed E-state index contributed by atoms with van der Waals surface area (Å²) in [7, 11) is 3.08. The smallest absolute Gasteiger partial charge is 0.255 e. The Morgan fingerprint density at radius 3 is 2.75 bits per heavy atom. The predicted octanol–water partition coefficient (Wildman–Crippen LogP) is 3.67. The van der Waals surface area contributed by atoms with Crippen LogP contribution in [0, 0.1) is 17.1 Å². The lowest BCUT2D eigenvalue weighted by molar-refractivity contribution is 0.0784. The van der Waals surface area contributed by atoms with Gasteiger partial charge in [0.2, 0.25) is 0 Å². The number of carbonyl (C=O) groups is 2. The summed E-state index contributed by atoms with van der Waals surface area (Å²) in [6.45, 7) is 2.38. The minimum Gasteiger partial charge on any atom is -0.492 e. The van der Waals surface area contributed by atoms with Crippen molar-refractivity contribution in [3.8, 4) is 23.1 Å². The molecule has 2 N–H and O–H groups in total. The van der Waals surface area contributed by atoms with Crippen LogP contribution in [0.1, 0.15) is 38.8 Å². The second-order valence-corrected chi connectivity index (χ2v) is 7.98. The van der Waals surface area contributed by atoms with Crippen LogP contribution in [-0.2, 0) is 6.54 Å². The Labute approximate surface area is 206 Å². The minimum absolute atomic E-state index is 0.119. The highest BCUT2D eigenvalue weighted by Gasteiger charge is 2.20. The van der Waals surface area contributed by atoms with Gasteiger partial charge in [-0.25, -0.2) is 4.39 Å². The van der Waals surface area contributed by atoms with Gasteiger partial charge in [0.05, 0.1) is 41.1 Å². The van der Waals surface area contributed by atoms with E-state index in [9.17, 15) is 19.2 Å². The third-order valence-electron chi connectivity index (χ3n) is 5.69. The largest absolute Gasteiger partial charge is 0.492 e. The summed E-state index contributed by atoms with van der Waals surface area (Å²) in [6, 6.07) is 11.3. The Morgan fingerprint density at radius 2 is 2.03 bits per heavy atom. The third-order valence-corrected chi connectivity index (χ3v) is 5.69. The number of aromatic amines is 1. The van der Waals surface area contributed by atoms with E-state index in [1.54, 1.807) is 38.4 Å². The molecule has 0 aliphatic heterocycles. The number of pyridine rings is 1. The number of H-pyrrole nitrogens is 1. The van der Waals surface area contributed by atoms with Gasteiger partial charge in [-0.1, -0.05) is 6.07 Å². The van der Waals surface area contributed by atoms with Crippen LogP contribution in [0.5, 0.6) is 5.75 Å². The number of fused-ring (bicyclic) bond motifs is 1. The Bertz CT molecular complexity index is 1510. The molecular formula is C26H23FN6O3. The number of nitrogens with one attached hydrogen (secondary N) is 2. The number of nitrogens with zero attached hydrogens (tertiary/aromatic N) is 4. The van der Waals surface area contributed by atoms with Gasteiger partial charge in [0.15, 0.2) is 0 Å². The Kier molecular flexibility index (Phi) is 6.92. The molecule has 4 rings (SSSR count). The molecular weight excluding hydrogens is 463 g/mol. The fourth-order valence-corrected chi connectivity index (χ4v) is 3.89. The number of carbonyl (C=O) groups excluding carboxylic acids is 2. The standard InChI is InChI=1S/C26H23FN6O3/c1-4-36-22-10-18(12-30-24(22)15-7-8-21(27)19(9-15)25(34)29-2)26(35)33(3)14-17-6-5-16(11-28)20-13-31-32-23(17)20/h5-10,12-13H,4,14H2,1-3H3,(H,29,34)(H,31,32). The normalized spacial score (nSPS) is 10.6. The second-order valence-electron chi connectivity index (χ2n) is 7.98. The number of nitriles is 1. The van der Waals surface area contributed by atoms with Crippen LogP contribution < -0.4 is 10.1 Å². The van der Waals surface area contributed by atoms with Crippen molar-refractivity contribution in [3.05, 3.63) is 76.9 Å². The van der Waals surface area contributed by atoms with E-state index < -0.39 is 11.7 Å². The highest BCUT2D eigenvalue weighted by atomic mass is 19.1. The molecule has 0 bridgehead atoms. The highest BCUT2D eigenvalue weighted by Crippen LogP contribution is 2.31. The van der Waals surface area contributed by atoms with Crippen molar-refractivity contribution in [2.24, 2.45) is 0 Å². The van der Waals surface area contributed by atoms with E-state index in [0.717, 1.165) is 5.56 Å². The molecule has 2 amide bonds. The molecule has 36 heavy (non-hydrogen) atoms. The molecule has 0 aliphatic carbocycles. The van der Waals surface area contributed by atoms with E-state index in [1.807, 2.05) is 0 Å². The van der Waals surface area contributed by atoms with Crippen LogP contribution in [0.4, 0.5) is 4.39 Å². The Morgan fingerprint density at radius 1 is 1.22 bits per heavy atom. The lowest BCUT2D eigenvalue weighted by Gasteiger charge is -2.19. The maximum atomic E-state index is 14.1. The molecule has 0 fully saturated rings. The quantitative estimate of drug-likeness (QED) is 0.411. The number of amides is 2. The number of hydrogen-bond acceptors (Lipinski definition) is 6. The monoisotopic (exact) mass is 486 g/mol. The van der Waals surface area contributed by atoms with Crippen molar-refractivity contribution in [1.82, 2.24) is 25.4 Å². The van der Waals surface area contributed by atoms with Gasteiger partial charge in [-0.2, -0.15) is 10.4 Å². The molecule has 0 radical (unpaired) electrons. The van der Waals surface area contributed by atoms with E-state index in [4.69, 9.17) is 4.74 Å². The molecule has 0 unspecified atom stereocenters. The molecule has 2 aromatic carbocycles. The molecule has 0 atom stereocenters. The van der Waals surface area contributed by atoms with Gasteiger partial charge in [-0.05, 0) is 42.8 Å². The van der Waals surface area contributed by atoms with Crippen LogP contribution in [0.15, 0.2) is 48.8 Å². The summed E-state index contributed by atoms with van der Waals surface area (Å²) in [6.07, 6.45) is 3.01. The molecule has 0 spiro atoms. The summed E-state index contributed by atoms with van der Waals surface area (Å²) >= 11 is 0. The average molecular weight is 487 g/mol. The Balaban J connectivity index is 1.64. The van der Waals surface area contributed by atoms with E-state index in [-0.39, 0.29) is 18.0 Å². The first-order chi connectivity index (χ1) is 17.4. The zero-order valence-electron chi connectivity index (χ0n) is 19.9. The van der Waals surface area contributed by atoms with E-state index in [2.05, 4.69) is 26.6 Å². The third kappa shape index (κ3) is 4.59. The molecule has 0 aliphatic rings. The number of benzene rings is 2. The molecule has 9 nitrogen and oxygen atoms in total. The van der Waals surface area contributed by atoms with Crippen molar-refractivity contribution in [3.63, 3.8) is 0 Å². The van der Waals surface area contributed by atoms with E-state index in [1.165, 1.54) is 36.3 Å². The van der Waals surface area contributed by atoms with Crippen molar-refractivity contribution in [1.29, 1.82) is 5.26 Å². The zero-order valence-corrected chi connectivity index (χ0v) is 19.9. The second kappa shape index (κ2) is 10.2. The molecule has 0 saturated carbocycles. The van der Waals surface area contributed by atoms with Gasteiger partial charge in [0, 0.05) is 37.8 Å². The molecule has 2 aromatic heterocycles. The fourth-order valence-electron chi connectivity index (χ4n) is 3.89. The van der Waals surface area contributed by atoms with Crippen LogP contribution >= 0.6 is 0 Å². The molecule has 182 valence electrons. The molecule has 4 aromatic rings. The SMILES string of the molecule is CCOc1cc(C(=O)N(C)Cc2ccc(C#N)c3cn[nH]c23)cnc1-c1ccc(F)c(C(=O)NC)c1. The summed E-state index contributed by atoms with van der Waals surface area (Å²) in [5.41, 5.74) is 3.04. The highest BCUT2D eigenvalue weighted by molar-refractivity contribution is 5.97. The lowest BCUT2D eigenvalue weighted by Crippen LogP contribution is -2.26. The number of hydrogen-bond donors (Lipinski definition) is 2. The van der Waals surface area contributed by atoms with Crippen LogP contribution in [0.3, 0.4) is 0 Å². The minimum atomic E-state index is -0.654. The van der Waals surface area contributed by atoms with Gasteiger partial charge < -0.3 is 15.0 Å². The van der Waals surface area contributed by atoms with E-state index in [0.29, 0.717) is 45.6 Å². The first kappa shape index (κ1) is 24.3. The van der Waals surface area contributed by atoms with Crippen LogP contribution in [0.25, 0.3) is 22.2 Å². The average Bonchev–Trinajstić information content (AvgIpc) is 3.39. The van der Waals surface area contributed by atoms with Gasteiger partial charge in [-0.3, -0.25) is 19.7 Å². The Hall–Kier alpha value is -4.78. The van der Waals surface area contributed by atoms with Crippen LogP contribution in [0.2, 0.25) is 0 Å². The number of rotatable bonds is 7. The first-order valence-corrected chi connectivity index (χ1v) is 11.1. The van der Waals surface area contributed by atoms with Crippen LogP contribution in [-0.4, -0.2) is 52.6 Å². The van der Waals surface area contributed by atoms with Crippen molar-refractivity contribution < 1.29 is 18.7 Å². The van der Waals surface area contributed by atoms with Gasteiger partial charge in [-0.15, -0.1) is 0 Å². The number of halogens is 1. The zero-order chi connectivity index (χ0) is 25.8. The van der Waals surface area contributed by atoms with Crippen molar-refractivity contribution in [2.45, 2.75) is 13.5 Å². The summed E-state index contributed by atoms with van der Waals surface area (Å²) in [4.78, 5) is 31.2. The van der Waals surface area contributed by atoms with Crippen molar-refractivity contribution in [2.75, 3.05) is 20.7 Å². The fraction of sp³-hybridized carbons (Fsp3) is 0.192. The summed E-state index contributed by atoms with van der Waals surface area (Å²) < 4.78 is 19.9. The first-order valence-electron chi connectivity index (χ1n) is 11.1. The molecule has 2 heterocycles. The summed E-state index contributed by atoms with van der Waals surface area (Å²) in [5.74, 6) is -1.17. The maximum absolute atomic E-state index is 14.1. The summed E-state index contributed by atoms with van der Waals surface area (Å²) in [5, 5.41) is 19.3. The topological polar surface area (TPSA) is 124 Å². The van der Waals surface area contributed by atoms with Gasteiger partial charge in [0.25, 0.3) is 11.8 Å². The van der Waals surface area contributed by atoms with E-state index >= 15 is 0 Å². The lowest BCUT2D eigenvalue weighted by atomic mass is 10.0. The molecule has 0 saturated heterocycles. The van der Waals surface area contributed by atoms with Gasteiger partial charge >= 0.3 is 0 Å². The van der Waals surface area contributed by atoms with Gasteiger partial charge in [0.1, 0.15) is 17.3 Å². The predicted molar refractivity (Wildman–Crippen MR) is 131 cm³/mol. The number of aromatic nitrogens is 3. The molecule has 10 heteroatoms. The van der Waals surface area contributed by atoms with Crippen molar-refractivity contribution >= 4 is 22.7 Å². The maximum Gasteiger partial charge on any atom is 0.255 e.